The number of aryl methyl sites for hydroxylation is 2. The minimum atomic E-state index is -4.39. The first-order chi connectivity index (χ1) is 15.1. The third-order valence-corrected chi connectivity index (χ3v) is 6.39. The Bertz CT molecular complexity index is 1290. The number of aliphatic carboxylic acids is 1. The standard InChI is InChI=1S/C23H18F4N2O2S/c1-13-20(32-22(28-13)14-2-5-16(6-3-14)23(25,26)27)12-29-11-15(4-9-21(30)31)18-10-17(24)7-8-19(18)29/h2-3,5-8,10-11H,4,9,12H2,1H3,(H,30,31). The maximum Gasteiger partial charge on any atom is 0.416 e. The van der Waals surface area contributed by atoms with Gasteiger partial charge in [-0.05, 0) is 49.2 Å². The van der Waals surface area contributed by atoms with Gasteiger partial charge in [-0.15, -0.1) is 11.3 Å². The lowest BCUT2D eigenvalue weighted by Gasteiger charge is -2.06. The molecule has 0 aliphatic heterocycles. The van der Waals surface area contributed by atoms with Gasteiger partial charge in [0.25, 0.3) is 0 Å². The lowest BCUT2D eigenvalue weighted by Crippen LogP contribution is -2.03. The molecule has 0 aliphatic rings. The third-order valence-electron chi connectivity index (χ3n) is 5.20. The predicted molar refractivity (Wildman–Crippen MR) is 114 cm³/mol. The molecule has 0 amide bonds. The number of nitrogens with zero attached hydrogens (tertiary/aromatic N) is 2. The molecule has 0 saturated heterocycles. The summed E-state index contributed by atoms with van der Waals surface area (Å²) >= 11 is 1.38. The average Bonchev–Trinajstić information content (AvgIpc) is 3.26. The maximum atomic E-state index is 13.8. The lowest BCUT2D eigenvalue weighted by molar-refractivity contribution is -0.138. The van der Waals surface area contributed by atoms with Crippen LogP contribution in [0.3, 0.4) is 0 Å². The number of alkyl halides is 3. The Morgan fingerprint density at radius 3 is 2.53 bits per heavy atom. The van der Waals surface area contributed by atoms with E-state index in [1.807, 2.05) is 17.7 Å². The summed E-state index contributed by atoms with van der Waals surface area (Å²) in [4.78, 5) is 16.4. The summed E-state index contributed by atoms with van der Waals surface area (Å²) in [6.45, 7) is 2.26. The van der Waals surface area contributed by atoms with Crippen LogP contribution < -0.4 is 0 Å². The molecule has 4 aromatic rings. The molecular weight excluding hydrogens is 444 g/mol. The number of carboxylic acids is 1. The van der Waals surface area contributed by atoms with E-state index < -0.39 is 23.5 Å². The molecule has 9 heteroatoms. The highest BCUT2D eigenvalue weighted by atomic mass is 32.1. The van der Waals surface area contributed by atoms with Crippen molar-refractivity contribution in [3.8, 4) is 10.6 Å². The number of carboxylic acid groups (broad SMARTS) is 1. The molecule has 0 aliphatic carbocycles. The van der Waals surface area contributed by atoms with Gasteiger partial charge in [0, 0.05) is 34.0 Å². The van der Waals surface area contributed by atoms with Gasteiger partial charge < -0.3 is 9.67 Å². The van der Waals surface area contributed by atoms with Crippen molar-refractivity contribution in [2.24, 2.45) is 0 Å². The van der Waals surface area contributed by atoms with Crippen LogP contribution in [0.1, 0.15) is 28.1 Å². The van der Waals surface area contributed by atoms with Crippen LogP contribution in [-0.4, -0.2) is 20.6 Å². The number of carbonyl (C=O) groups is 1. The molecule has 2 heterocycles. The van der Waals surface area contributed by atoms with Crippen molar-refractivity contribution in [1.82, 2.24) is 9.55 Å². The lowest BCUT2D eigenvalue weighted by atomic mass is 10.1. The van der Waals surface area contributed by atoms with E-state index in [1.165, 1.54) is 35.6 Å². The molecule has 0 unspecified atom stereocenters. The second-order valence-electron chi connectivity index (χ2n) is 7.44. The van der Waals surface area contributed by atoms with E-state index in [0.717, 1.165) is 33.8 Å². The molecule has 4 nitrogen and oxygen atoms in total. The Labute approximate surface area is 184 Å². The molecule has 1 N–H and O–H groups in total. The van der Waals surface area contributed by atoms with Gasteiger partial charge in [-0.1, -0.05) is 12.1 Å². The first-order valence-electron chi connectivity index (χ1n) is 9.75. The fourth-order valence-corrected chi connectivity index (χ4v) is 4.64. The number of hydrogen-bond donors (Lipinski definition) is 1. The summed E-state index contributed by atoms with van der Waals surface area (Å²) in [5, 5.41) is 10.3. The molecule has 4 rings (SSSR count). The quantitative estimate of drug-likeness (QED) is 0.342. The first-order valence-corrected chi connectivity index (χ1v) is 10.6. The number of fused-ring (bicyclic) bond motifs is 1. The Balaban J connectivity index is 1.65. The molecule has 0 fully saturated rings. The van der Waals surface area contributed by atoms with Gasteiger partial charge in [-0.2, -0.15) is 13.2 Å². The van der Waals surface area contributed by atoms with Crippen LogP contribution in [0.4, 0.5) is 17.6 Å². The molecule has 2 aromatic heterocycles. The van der Waals surface area contributed by atoms with Crippen molar-refractivity contribution >= 4 is 28.2 Å². The molecule has 0 bridgehead atoms. The van der Waals surface area contributed by atoms with Crippen molar-refractivity contribution < 1.29 is 27.5 Å². The average molecular weight is 462 g/mol. The van der Waals surface area contributed by atoms with E-state index in [2.05, 4.69) is 4.98 Å². The van der Waals surface area contributed by atoms with E-state index in [9.17, 15) is 22.4 Å². The Kier molecular flexibility index (Phi) is 5.77. The van der Waals surface area contributed by atoms with Crippen molar-refractivity contribution in [1.29, 1.82) is 0 Å². The van der Waals surface area contributed by atoms with E-state index in [1.54, 1.807) is 6.07 Å². The second kappa shape index (κ2) is 8.38. The zero-order chi connectivity index (χ0) is 23.0. The molecule has 0 atom stereocenters. The van der Waals surface area contributed by atoms with E-state index in [-0.39, 0.29) is 12.8 Å². The predicted octanol–water partition coefficient (Wildman–Crippen LogP) is 6.30. The monoisotopic (exact) mass is 462 g/mol. The van der Waals surface area contributed by atoms with Crippen LogP contribution in [-0.2, 0) is 23.9 Å². The van der Waals surface area contributed by atoms with Gasteiger partial charge in [0.15, 0.2) is 0 Å². The van der Waals surface area contributed by atoms with Crippen molar-refractivity contribution in [3.63, 3.8) is 0 Å². The molecule has 0 saturated carbocycles. The third kappa shape index (κ3) is 4.52. The van der Waals surface area contributed by atoms with Gasteiger partial charge in [-0.25, -0.2) is 9.37 Å². The fourth-order valence-electron chi connectivity index (χ4n) is 3.57. The highest BCUT2D eigenvalue weighted by molar-refractivity contribution is 7.15. The van der Waals surface area contributed by atoms with Gasteiger partial charge in [0.1, 0.15) is 10.8 Å². The number of thiazole rings is 1. The minimum Gasteiger partial charge on any atom is -0.481 e. The maximum absolute atomic E-state index is 13.8. The second-order valence-corrected chi connectivity index (χ2v) is 8.52. The highest BCUT2D eigenvalue weighted by Crippen LogP contribution is 2.34. The summed E-state index contributed by atoms with van der Waals surface area (Å²) in [6.07, 6.45) is -2.35. The van der Waals surface area contributed by atoms with Crippen LogP contribution in [0, 0.1) is 12.7 Å². The van der Waals surface area contributed by atoms with Crippen molar-refractivity contribution in [2.45, 2.75) is 32.5 Å². The highest BCUT2D eigenvalue weighted by Gasteiger charge is 2.30. The van der Waals surface area contributed by atoms with Crippen molar-refractivity contribution in [3.05, 3.63) is 76.2 Å². The largest absolute Gasteiger partial charge is 0.481 e. The Hall–Kier alpha value is -3.20. The number of benzene rings is 2. The molecule has 166 valence electrons. The van der Waals surface area contributed by atoms with Gasteiger partial charge in [0.05, 0.1) is 17.8 Å². The molecule has 2 aromatic carbocycles. The zero-order valence-corrected chi connectivity index (χ0v) is 17.7. The fraction of sp³-hybridized carbons (Fsp3) is 0.217. The number of aromatic nitrogens is 2. The van der Waals surface area contributed by atoms with Crippen LogP contribution in [0.5, 0.6) is 0 Å². The summed E-state index contributed by atoms with van der Waals surface area (Å²) in [5.74, 6) is -1.33. The van der Waals surface area contributed by atoms with Gasteiger partial charge >= 0.3 is 12.1 Å². The number of rotatable bonds is 6. The van der Waals surface area contributed by atoms with Gasteiger partial charge in [0.2, 0.25) is 0 Å². The van der Waals surface area contributed by atoms with E-state index in [4.69, 9.17) is 5.11 Å². The molecule has 0 spiro atoms. The van der Waals surface area contributed by atoms with Crippen LogP contribution in [0.15, 0.2) is 48.7 Å². The molecular formula is C23H18F4N2O2S. The Morgan fingerprint density at radius 2 is 1.88 bits per heavy atom. The summed E-state index contributed by atoms with van der Waals surface area (Å²) < 4.78 is 54.2. The van der Waals surface area contributed by atoms with E-state index in [0.29, 0.717) is 22.5 Å². The molecule has 0 radical (unpaired) electrons. The first kappa shape index (κ1) is 22.0. The topological polar surface area (TPSA) is 55.1 Å². The SMILES string of the molecule is Cc1nc(-c2ccc(C(F)(F)F)cc2)sc1Cn1cc(CCC(=O)O)c2cc(F)ccc21. The van der Waals surface area contributed by atoms with Crippen molar-refractivity contribution in [2.75, 3.05) is 0 Å². The summed E-state index contributed by atoms with van der Waals surface area (Å²) in [5.41, 5.74) is 2.15. The normalized spacial score (nSPS) is 11.9. The number of hydrogen-bond acceptors (Lipinski definition) is 3. The zero-order valence-electron chi connectivity index (χ0n) is 16.9. The van der Waals surface area contributed by atoms with Crippen LogP contribution >= 0.6 is 11.3 Å². The summed E-state index contributed by atoms with van der Waals surface area (Å²) in [7, 11) is 0. The van der Waals surface area contributed by atoms with E-state index >= 15 is 0 Å². The van der Waals surface area contributed by atoms with Crippen LogP contribution in [0.25, 0.3) is 21.5 Å². The number of halogens is 4. The smallest absolute Gasteiger partial charge is 0.416 e. The van der Waals surface area contributed by atoms with Crippen LogP contribution in [0.2, 0.25) is 0 Å². The summed E-state index contributed by atoms with van der Waals surface area (Å²) in [6, 6.07) is 9.29. The molecule has 32 heavy (non-hydrogen) atoms. The van der Waals surface area contributed by atoms with Gasteiger partial charge in [-0.3, -0.25) is 4.79 Å². The Morgan fingerprint density at radius 1 is 1.16 bits per heavy atom. The minimum absolute atomic E-state index is 0.0622.